The van der Waals surface area contributed by atoms with Crippen molar-refractivity contribution >= 4 is 10.8 Å². The second kappa shape index (κ2) is 3.71. The van der Waals surface area contributed by atoms with Crippen molar-refractivity contribution in [2.24, 2.45) is 0 Å². The Morgan fingerprint density at radius 3 is 1.92 bits per heavy atom. The van der Waals surface area contributed by atoms with Gasteiger partial charge in [-0.1, -0.05) is 0 Å². The van der Waals surface area contributed by atoms with Gasteiger partial charge in [0.1, 0.15) is 0 Å². The summed E-state index contributed by atoms with van der Waals surface area (Å²) in [5.41, 5.74) is -3.24. The molecule has 0 aromatic carbocycles. The number of hydrogen-bond acceptors (Lipinski definition) is 3. The molecule has 0 aromatic heterocycles. The first-order valence-corrected chi connectivity index (χ1v) is 4.65. The van der Waals surface area contributed by atoms with Crippen molar-refractivity contribution in [3.8, 4) is 0 Å². The molecule has 2 unspecified atom stereocenters. The molecule has 0 amide bonds. The maximum atomic E-state index is 11.9. The van der Waals surface area contributed by atoms with Crippen LogP contribution in [0.25, 0.3) is 0 Å². The Morgan fingerprint density at radius 2 is 1.83 bits per heavy atom. The van der Waals surface area contributed by atoms with E-state index in [1.807, 2.05) is 0 Å². The van der Waals surface area contributed by atoms with Crippen molar-refractivity contribution in [2.75, 3.05) is 18.6 Å². The third-order valence-corrected chi connectivity index (χ3v) is 2.12. The van der Waals surface area contributed by atoms with E-state index in [1.54, 1.807) is 0 Å². The Morgan fingerprint density at radius 1 is 1.42 bits per heavy atom. The van der Waals surface area contributed by atoms with E-state index in [9.17, 15) is 17.4 Å². The molecule has 2 atom stereocenters. The predicted molar refractivity (Wildman–Crippen MR) is 37.0 cm³/mol. The van der Waals surface area contributed by atoms with Gasteiger partial charge in [0.2, 0.25) is 0 Å². The van der Waals surface area contributed by atoms with Crippen molar-refractivity contribution in [2.45, 2.75) is 11.8 Å². The molecule has 0 rings (SSSR count). The Bertz CT molecular complexity index is 181. The maximum absolute atomic E-state index is 11.9. The van der Waals surface area contributed by atoms with E-state index in [1.165, 1.54) is 0 Å². The molecular formula is C5H9F3O3S. The van der Waals surface area contributed by atoms with E-state index >= 15 is 0 Å². The normalized spacial score (nSPS) is 20.2. The lowest BCUT2D eigenvalue weighted by atomic mass is 10.1. The molecule has 0 bridgehead atoms. The van der Waals surface area contributed by atoms with E-state index in [2.05, 4.69) is 0 Å². The Balaban J connectivity index is 4.56. The van der Waals surface area contributed by atoms with E-state index in [-0.39, 0.29) is 0 Å². The summed E-state index contributed by atoms with van der Waals surface area (Å²) in [6, 6.07) is 0. The average Bonchev–Trinajstić information content (AvgIpc) is 1.83. The first kappa shape index (κ1) is 11.9. The molecule has 3 nitrogen and oxygen atoms in total. The van der Waals surface area contributed by atoms with E-state index in [0.717, 1.165) is 6.26 Å². The highest BCUT2D eigenvalue weighted by Crippen LogP contribution is 2.30. The standard InChI is InChI=1S/C5H9F3O3S/c1-12(11)3-4(10,2-9)5(6,7)8/h9-10H,2-3H2,1H3. The first-order chi connectivity index (χ1) is 5.23. The summed E-state index contributed by atoms with van der Waals surface area (Å²) in [6.07, 6.45) is -3.93. The Labute approximate surface area is 69.7 Å². The molecule has 2 N–H and O–H groups in total. The fourth-order valence-electron chi connectivity index (χ4n) is 0.553. The number of rotatable bonds is 3. The fraction of sp³-hybridized carbons (Fsp3) is 1.00. The monoisotopic (exact) mass is 206 g/mol. The van der Waals surface area contributed by atoms with Crippen LogP contribution in [0.1, 0.15) is 0 Å². The molecule has 0 spiro atoms. The van der Waals surface area contributed by atoms with Gasteiger partial charge in [0, 0.05) is 17.1 Å². The summed E-state index contributed by atoms with van der Waals surface area (Å²) in [5.74, 6) is -1.01. The second-order valence-electron chi connectivity index (χ2n) is 2.40. The quantitative estimate of drug-likeness (QED) is 0.663. The summed E-state index contributed by atoms with van der Waals surface area (Å²) in [7, 11) is -1.81. The molecular weight excluding hydrogens is 197 g/mol. The fourth-order valence-corrected chi connectivity index (χ4v) is 1.48. The molecule has 0 saturated carbocycles. The third-order valence-electron chi connectivity index (χ3n) is 1.23. The molecule has 74 valence electrons. The van der Waals surface area contributed by atoms with Gasteiger partial charge in [0.15, 0.2) is 5.60 Å². The molecule has 0 aliphatic heterocycles. The molecule has 12 heavy (non-hydrogen) atoms. The molecule has 0 aliphatic carbocycles. The van der Waals surface area contributed by atoms with Crippen LogP contribution in [0.5, 0.6) is 0 Å². The van der Waals surface area contributed by atoms with Gasteiger partial charge in [0.05, 0.1) is 12.4 Å². The third kappa shape index (κ3) is 2.72. The minimum absolute atomic E-state index is 1.01. The largest absolute Gasteiger partial charge is 0.420 e. The van der Waals surface area contributed by atoms with E-state index in [0.29, 0.717) is 0 Å². The lowest BCUT2D eigenvalue weighted by molar-refractivity contribution is -0.261. The van der Waals surface area contributed by atoms with Gasteiger partial charge in [-0.25, -0.2) is 0 Å². The average molecular weight is 206 g/mol. The lowest BCUT2D eigenvalue weighted by Gasteiger charge is -2.27. The summed E-state index contributed by atoms with van der Waals surface area (Å²) in [6.45, 7) is -1.48. The van der Waals surface area contributed by atoms with Crippen LogP contribution >= 0.6 is 0 Å². The zero-order chi connectivity index (χ0) is 9.99. The molecule has 0 heterocycles. The van der Waals surface area contributed by atoms with Crippen molar-refractivity contribution in [1.82, 2.24) is 0 Å². The maximum Gasteiger partial charge on any atom is 0.420 e. The highest BCUT2D eigenvalue weighted by Gasteiger charge is 2.53. The van der Waals surface area contributed by atoms with Crippen molar-refractivity contribution < 1.29 is 27.6 Å². The minimum atomic E-state index is -4.95. The molecule has 0 fully saturated rings. The predicted octanol–water partition coefficient (Wildman–Crippen LogP) is -0.349. The van der Waals surface area contributed by atoms with E-state index < -0.39 is 34.9 Å². The van der Waals surface area contributed by atoms with Gasteiger partial charge in [-0.15, -0.1) is 0 Å². The van der Waals surface area contributed by atoms with Crippen LogP contribution in [0.15, 0.2) is 0 Å². The van der Waals surface area contributed by atoms with Gasteiger partial charge < -0.3 is 10.2 Å². The van der Waals surface area contributed by atoms with Gasteiger partial charge in [-0.2, -0.15) is 13.2 Å². The number of aliphatic hydroxyl groups is 2. The Hall–Kier alpha value is -0.140. The van der Waals surface area contributed by atoms with Gasteiger partial charge in [-0.05, 0) is 0 Å². The molecule has 0 aliphatic rings. The zero-order valence-corrected chi connectivity index (χ0v) is 7.08. The number of aliphatic hydroxyl groups excluding tert-OH is 1. The topological polar surface area (TPSA) is 57.5 Å². The summed E-state index contributed by atoms with van der Waals surface area (Å²) >= 11 is 0. The van der Waals surface area contributed by atoms with Crippen molar-refractivity contribution in [3.63, 3.8) is 0 Å². The smallest absolute Gasteiger partial charge is 0.393 e. The number of halogens is 3. The summed E-state index contributed by atoms with van der Waals surface area (Å²) in [5, 5.41) is 17.0. The lowest BCUT2D eigenvalue weighted by Crippen LogP contribution is -2.52. The summed E-state index contributed by atoms with van der Waals surface area (Å²) < 4.78 is 46.2. The van der Waals surface area contributed by atoms with Crippen LogP contribution in [0.2, 0.25) is 0 Å². The minimum Gasteiger partial charge on any atom is -0.393 e. The molecule has 7 heteroatoms. The molecule has 0 radical (unpaired) electrons. The SMILES string of the molecule is CS(=O)CC(O)(CO)C(F)(F)F. The van der Waals surface area contributed by atoms with Crippen LogP contribution in [-0.4, -0.2) is 44.8 Å². The van der Waals surface area contributed by atoms with Crippen molar-refractivity contribution in [1.29, 1.82) is 0 Å². The highest BCUT2D eigenvalue weighted by molar-refractivity contribution is 7.84. The first-order valence-electron chi connectivity index (χ1n) is 2.93. The van der Waals surface area contributed by atoms with Crippen LogP contribution < -0.4 is 0 Å². The zero-order valence-electron chi connectivity index (χ0n) is 6.26. The van der Waals surface area contributed by atoms with Gasteiger partial charge in [-0.3, -0.25) is 4.21 Å². The van der Waals surface area contributed by atoms with E-state index in [4.69, 9.17) is 10.2 Å². The van der Waals surface area contributed by atoms with Gasteiger partial charge >= 0.3 is 6.18 Å². The van der Waals surface area contributed by atoms with Crippen LogP contribution in [-0.2, 0) is 10.8 Å². The highest BCUT2D eigenvalue weighted by atomic mass is 32.2. The molecule has 0 aromatic rings. The van der Waals surface area contributed by atoms with Crippen molar-refractivity contribution in [3.05, 3.63) is 0 Å². The molecule has 0 saturated heterocycles. The Kier molecular flexibility index (Phi) is 3.67. The second-order valence-corrected chi connectivity index (χ2v) is 3.84. The van der Waals surface area contributed by atoms with Gasteiger partial charge in [0.25, 0.3) is 0 Å². The van der Waals surface area contributed by atoms with Crippen LogP contribution in [0.4, 0.5) is 13.2 Å². The van der Waals surface area contributed by atoms with Crippen LogP contribution in [0.3, 0.4) is 0 Å². The van der Waals surface area contributed by atoms with Crippen LogP contribution in [0, 0.1) is 0 Å². The summed E-state index contributed by atoms with van der Waals surface area (Å²) in [4.78, 5) is 0. The number of hydrogen-bond donors (Lipinski definition) is 2. The number of alkyl halides is 3.